The third-order valence-corrected chi connectivity index (χ3v) is 12.2. The van der Waals surface area contributed by atoms with E-state index in [1.54, 1.807) is 23.0 Å². The first kappa shape index (κ1) is 29.8. The molecule has 0 saturated heterocycles. The molecule has 2 unspecified atom stereocenters. The van der Waals surface area contributed by atoms with Crippen molar-refractivity contribution in [3.8, 4) is 11.8 Å². The predicted octanol–water partition coefficient (Wildman–Crippen LogP) is 4.51. The maximum absolute atomic E-state index is 13.0. The molecule has 0 spiro atoms. The Morgan fingerprint density at radius 3 is 2.51 bits per heavy atom. The fourth-order valence-corrected chi connectivity index (χ4v) is 5.40. The standard InChI is InChI=1S/C28H37N5O5Si/c1-18(25-31-23(27(35)36)24(37-6)26(34)32(25)5)22(21-12-10-9-11-19(21)15-29)20-16-30-33(17-20)13-14-38-39(7,8)28(2,3)4/h9-12,16-18,22H,13-14H2,1-8H3,(H,35,36). The van der Waals surface area contributed by atoms with Crippen molar-refractivity contribution in [2.24, 2.45) is 7.05 Å². The molecule has 0 saturated carbocycles. The molecule has 10 nitrogen and oxygen atoms in total. The maximum Gasteiger partial charge on any atom is 0.358 e. The van der Waals surface area contributed by atoms with Crippen LogP contribution in [-0.4, -0.2) is 52.4 Å². The number of hydrogen-bond acceptors (Lipinski definition) is 7. The lowest BCUT2D eigenvalue weighted by Gasteiger charge is -2.36. The second-order valence-corrected chi connectivity index (χ2v) is 15.9. The van der Waals surface area contributed by atoms with Gasteiger partial charge in [-0.25, -0.2) is 9.78 Å². The predicted molar refractivity (Wildman–Crippen MR) is 150 cm³/mol. The Morgan fingerprint density at radius 2 is 1.92 bits per heavy atom. The third-order valence-electron chi connectivity index (χ3n) is 7.62. The quantitative estimate of drug-likeness (QED) is 0.364. The van der Waals surface area contributed by atoms with Crippen LogP contribution in [0.25, 0.3) is 0 Å². The lowest BCUT2D eigenvalue weighted by molar-refractivity contribution is 0.0685. The van der Waals surface area contributed by atoms with Crippen molar-refractivity contribution in [2.75, 3.05) is 13.7 Å². The minimum atomic E-state index is -1.91. The molecule has 1 N–H and O–H groups in total. The highest BCUT2D eigenvalue weighted by Gasteiger charge is 2.37. The van der Waals surface area contributed by atoms with E-state index in [0.717, 1.165) is 11.1 Å². The molecule has 0 aliphatic rings. The van der Waals surface area contributed by atoms with Crippen LogP contribution in [0.3, 0.4) is 0 Å². The Morgan fingerprint density at radius 1 is 1.26 bits per heavy atom. The molecular formula is C28H37N5O5Si. The number of carboxylic acids is 1. The number of carbonyl (C=O) groups is 1. The molecule has 2 aromatic heterocycles. The van der Waals surface area contributed by atoms with Crippen molar-refractivity contribution in [1.29, 1.82) is 5.26 Å². The Bertz CT molecular complexity index is 1450. The Labute approximate surface area is 230 Å². The number of carboxylic acid groups (broad SMARTS) is 1. The van der Waals surface area contributed by atoms with Crippen LogP contribution in [0.5, 0.6) is 5.75 Å². The van der Waals surface area contributed by atoms with Crippen molar-refractivity contribution in [3.63, 3.8) is 0 Å². The SMILES string of the molecule is COc1c(C(=O)O)nc(C(C)C(c2cnn(CCO[Si](C)(C)C(C)(C)C)c2)c2ccccc2C#N)n(C)c1=O. The molecule has 208 valence electrons. The van der Waals surface area contributed by atoms with Crippen LogP contribution in [0.15, 0.2) is 41.5 Å². The van der Waals surface area contributed by atoms with E-state index < -0.39 is 37.4 Å². The molecule has 0 amide bonds. The zero-order valence-electron chi connectivity index (χ0n) is 23.8. The van der Waals surface area contributed by atoms with Crippen LogP contribution in [0.2, 0.25) is 18.1 Å². The molecular weight excluding hydrogens is 514 g/mol. The average Bonchev–Trinajstić information content (AvgIpc) is 3.33. The van der Waals surface area contributed by atoms with Crippen LogP contribution in [0, 0.1) is 11.3 Å². The summed E-state index contributed by atoms with van der Waals surface area (Å²) in [6, 6.07) is 9.47. The number of hydrogen-bond donors (Lipinski definition) is 1. The van der Waals surface area contributed by atoms with Gasteiger partial charge in [-0.15, -0.1) is 0 Å². The first-order valence-electron chi connectivity index (χ1n) is 12.8. The minimum Gasteiger partial charge on any atom is -0.489 e. The van der Waals surface area contributed by atoms with Gasteiger partial charge in [-0.05, 0) is 35.3 Å². The molecule has 0 aliphatic carbocycles. The van der Waals surface area contributed by atoms with E-state index in [2.05, 4.69) is 50.0 Å². The monoisotopic (exact) mass is 551 g/mol. The Kier molecular flexibility index (Phi) is 8.83. The molecule has 0 bridgehead atoms. The summed E-state index contributed by atoms with van der Waals surface area (Å²) in [5, 5.41) is 24.2. The first-order valence-corrected chi connectivity index (χ1v) is 15.7. The number of ether oxygens (including phenoxy) is 1. The Balaban J connectivity index is 2.06. The number of methoxy groups -OCH3 is 1. The highest BCUT2D eigenvalue weighted by molar-refractivity contribution is 6.74. The summed E-state index contributed by atoms with van der Waals surface area (Å²) >= 11 is 0. The van der Waals surface area contributed by atoms with E-state index in [-0.39, 0.29) is 16.6 Å². The van der Waals surface area contributed by atoms with Crippen molar-refractivity contribution < 1.29 is 19.1 Å². The molecule has 3 aromatic rings. The van der Waals surface area contributed by atoms with Gasteiger partial charge in [0.1, 0.15) is 5.82 Å². The van der Waals surface area contributed by atoms with Crippen LogP contribution in [0.4, 0.5) is 0 Å². The van der Waals surface area contributed by atoms with Crippen molar-refractivity contribution in [2.45, 2.75) is 64.2 Å². The van der Waals surface area contributed by atoms with Crippen LogP contribution in [0.1, 0.15) is 72.5 Å². The zero-order chi connectivity index (χ0) is 29.1. The van der Waals surface area contributed by atoms with Gasteiger partial charge in [0, 0.05) is 25.1 Å². The largest absolute Gasteiger partial charge is 0.489 e. The third kappa shape index (κ3) is 6.13. The number of benzene rings is 1. The highest BCUT2D eigenvalue weighted by atomic mass is 28.4. The van der Waals surface area contributed by atoms with Crippen molar-refractivity contribution in [1.82, 2.24) is 19.3 Å². The van der Waals surface area contributed by atoms with Crippen molar-refractivity contribution in [3.05, 3.63) is 75.2 Å². The smallest absolute Gasteiger partial charge is 0.358 e. The van der Waals surface area contributed by atoms with Gasteiger partial charge >= 0.3 is 5.97 Å². The van der Waals surface area contributed by atoms with E-state index in [0.29, 0.717) is 18.7 Å². The summed E-state index contributed by atoms with van der Waals surface area (Å²) in [6.45, 7) is 13.9. The highest BCUT2D eigenvalue weighted by Crippen LogP contribution is 2.39. The van der Waals surface area contributed by atoms with E-state index in [4.69, 9.17) is 9.16 Å². The lowest BCUT2D eigenvalue weighted by atomic mass is 9.80. The summed E-state index contributed by atoms with van der Waals surface area (Å²) < 4.78 is 14.5. The minimum absolute atomic E-state index is 0.0971. The second kappa shape index (κ2) is 11.6. The van der Waals surface area contributed by atoms with Gasteiger partial charge in [0.05, 0.1) is 38.1 Å². The number of nitrogens with zero attached hydrogens (tertiary/aromatic N) is 5. The molecule has 11 heteroatoms. The van der Waals surface area contributed by atoms with E-state index in [1.807, 2.05) is 25.3 Å². The number of rotatable bonds is 10. The van der Waals surface area contributed by atoms with Crippen LogP contribution in [-0.2, 0) is 18.0 Å². The molecule has 3 rings (SSSR count). The molecule has 2 heterocycles. The zero-order valence-corrected chi connectivity index (χ0v) is 24.8. The second-order valence-electron chi connectivity index (χ2n) is 11.1. The summed E-state index contributed by atoms with van der Waals surface area (Å²) in [6.07, 6.45) is 3.64. The molecule has 1 aromatic carbocycles. The molecule has 2 atom stereocenters. The summed E-state index contributed by atoms with van der Waals surface area (Å²) in [7, 11) is 0.860. The molecule has 0 radical (unpaired) electrons. The van der Waals surface area contributed by atoms with Crippen LogP contribution < -0.4 is 10.3 Å². The van der Waals surface area contributed by atoms with Gasteiger partial charge in [0.15, 0.2) is 14.0 Å². The normalized spacial score (nSPS) is 13.5. The van der Waals surface area contributed by atoms with Gasteiger partial charge in [0.2, 0.25) is 5.75 Å². The van der Waals surface area contributed by atoms with Crippen molar-refractivity contribution >= 4 is 14.3 Å². The summed E-state index contributed by atoms with van der Waals surface area (Å²) in [5.41, 5.74) is 0.956. The van der Waals surface area contributed by atoms with Gasteiger partial charge in [-0.1, -0.05) is 45.9 Å². The van der Waals surface area contributed by atoms with Gasteiger partial charge in [-0.2, -0.15) is 10.4 Å². The van der Waals surface area contributed by atoms with Gasteiger partial charge in [-0.3, -0.25) is 14.0 Å². The van der Waals surface area contributed by atoms with E-state index >= 15 is 0 Å². The lowest BCUT2D eigenvalue weighted by Crippen LogP contribution is -2.41. The molecule has 0 fully saturated rings. The van der Waals surface area contributed by atoms with Gasteiger partial charge < -0.3 is 14.3 Å². The summed E-state index contributed by atoms with van der Waals surface area (Å²) in [4.78, 5) is 29.3. The Hall–Kier alpha value is -3.75. The van der Waals surface area contributed by atoms with E-state index in [1.165, 1.54) is 18.7 Å². The van der Waals surface area contributed by atoms with E-state index in [9.17, 15) is 20.0 Å². The number of aromatic nitrogens is 4. The number of nitriles is 1. The fourth-order valence-electron chi connectivity index (χ4n) is 4.36. The van der Waals surface area contributed by atoms with Crippen LogP contribution >= 0.6 is 0 Å². The first-order chi connectivity index (χ1) is 18.2. The fraction of sp³-hybridized carbons (Fsp3) is 0.464. The number of aromatic carboxylic acids is 1. The summed E-state index contributed by atoms with van der Waals surface area (Å²) in [5.74, 6) is -2.37. The maximum atomic E-state index is 13.0. The van der Waals surface area contributed by atoms with Gasteiger partial charge in [0.25, 0.3) is 5.56 Å². The molecule has 39 heavy (non-hydrogen) atoms. The topological polar surface area (TPSA) is 132 Å². The molecule has 0 aliphatic heterocycles. The average molecular weight is 552 g/mol.